The summed E-state index contributed by atoms with van der Waals surface area (Å²) in [6.45, 7) is 9.07. The summed E-state index contributed by atoms with van der Waals surface area (Å²) in [5.74, 6) is -1.41. The molecule has 0 spiro atoms. The van der Waals surface area contributed by atoms with E-state index in [4.69, 9.17) is 0 Å². The highest BCUT2D eigenvalue weighted by molar-refractivity contribution is 7.89. The van der Waals surface area contributed by atoms with Crippen molar-refractivity contribution >= 4 is 21.7 Å². The van der Waals surface area contributed by atoms with E-state index in [9.17, 15) is 22.4 Å². The number of nitrogens with zero attached hydrogens (tertiary/aromatic N) is 1. The van der Waals surface area contributed by atoms with Gasteiger partial charge in [-0.15, -0.1) is 0 Å². The normalized spacial score (nSPS) is 16.5. The minimum absolute atomic E-state index is 0.00935. The third-order valence-corrected chi connectivity index (χ3v) is 8.13. The second-order valence-electron chi connectivity index (χ2n) is 11.1. The number of sulfone groups is 1. The summed E-state index contributed by atoms with van der Waals surface area (Å²) in [6.07, 6.45) is 4.38. The Labute approximate surface area is 220 Å². The van der Waals surface area contributed by atoms with E-state index in [-0.39, 0.29) is 28.6 Å². The number of amides is 2. The van der Waals surface area contributed by atoms with Crippen molar-refractivity contribution < 1.29 is 22.4 Å². The first kappa shape index (κ1) is 28.8. The summed E-state index contributed by atoms with van der Waals surface area (Å²) in [6, 6.07) is 11.5. The molecule has 1 heterocycles. The molecular formula is C29H39FN2O4S. The van der Waals surface area contributed by atoms with E-state index in [1.165, 1.54) is 12.3 Å². The molecule has 0 saturated carbocycles. The van der Waals surface area contributed by atoms with Gasteiger partial charge in [0.05, 0.1) is 11.3 Å². The lowest BCUT2D eigenvalue weighted by Gasteiger charge is -2.41. The van der Waals surface area contributed by atoms with Crippen LogP contribution in [0.5, 0.6) is 0 Å². The molecule has 8 heteroatoms. The average molecular weight is 531 g/mol. The van der Waals surface area contributed by atoms with Crippen LogP contribution < -0.4 is 5.32 Å². The number of halogens is 1. The lowest BCUT2D eigenvalue weighted by atomic mass is 9.75. The number of hydrogen-bond donors (Lipinski definition) is 1. The fourth-order valence-electron chi connectivity index (χ4n) is 4.89. The van der Waals surface area contributed by atoms with Crippen LogP contribution in [0, 0.1) is 17.2 Å². The Kier molecular flexibility index (Phi) is 9.16. The summed E-state index contributed by atoms with van der Waals surface area (Å²) in [5.41, 5.74) is 2.75. The number of hydrogen-bond acceptors (Lipinski definition) is 4. The van der Waals surface area contributed by atoms with Gasteiger partial charge in [-0.3, -0.25) is 9.59 Å². The zero-order chi connectivity index (χ0) is 27.4. The van der Waals surface area contributed by atoms with E-state index in [2.05, 4.69) is 12.2 Å². The van der Waals surface area contributed by atoms with Crippen molar-refractivity contribution in [3.63, 3.8) is 0 Å². The molecule has 0 aliphatic carbocycles. The van der Waals surface area contributed by atoms with E-state index in [1.54, 1.807) is 17.0 Å². The molecule has 2 amide bonds. The van der Waals surface area contributed by atoms with Crippen molar-refractivity contribution in [1.82, 2.24) is 10.2 Å². The zero-order valence-corrected chi connectivity index (χ0v) is 23.3. The molecule has 6 nitrogen and oxygen atoms in total. The molecule has 1 N–H and O–H groups in total. The van der Waals surface area contributed by atoms with Gasteiger partial charge in [-0.1, -0.05) is 58.0 Å². The average Bonchev–Trinajstić information content (AvgIpc) is 2.83. The molecule has 0 bridgehead atoms. The minimum atomic E-state index is -3.07. The largest absolute Gasteiger partial charge is 0.341 e. The van der Waals surface area contributed by atoms with Gasteiger partial charge < -0.3 is 10.2 Å². The van der Waals surface area contributed by atoms with E-state index >= 15 is 0 Å². The second-order valence-corrected chi connectivity index (χ2v) is 13.2. The monoisotopic (exact) mass is 530 g/mol. The minimum Gasteiger partial charge on any atom is -0.341 e. The molecule has 1 atom stereocenters. The molecule has 37 heavy (non-hydrogen) atoms. The van der Waals surface area contributed by atoms with Crippen LogP contribution in [-0.4, -0.2) is 50.5 Å². The smallest absolute Gasteiger partial charge is 0.254 e. The maximum atomic E-state index is 14.3. The van der Waals surface area contributed by atoms with Gasteiger partial charge >= 0.3 is 0 Å². The van der Waals surface area contributed by atoms with Gasteiger partial charge in [0.2, 0.25) is 5.91 Å². The Morgan fingerprint density at radius 3 is 2.14 bits per heavy atom. The highest BCUT2D eigenvalue weighted by atomic mass is 32.2. The van der Waals surface area contributed by atoms with E-state index < -0.39 is 27.6 Å². The molecule has 1 aliphatic rings. The molecule has 1 fully saturated rings. The third-order valence-electron chi connectivity index (χ3n) is 7.27. The Morgan fingerprint density at radius 1 is 1.03 bits per heavy atom. The predicted octanol–water partition coefficient (Wildman–Crippen LogP) is 4.56. The maximum absolute atomic E-state index is 14.3. The number of aryl methyl sites for hydroxylation is 1. The summed E-state index contributed by atoms with van der Waals surface area (Å²) in [7, 11) is -3.07. The number of piperidine rings is 1. The van der Waals surface area contributed by atoms with E-state index in [0.29, 0.717) is 19.5 Å². The van der Waals surface area contributed by atoms with Crippen molar-refractivity contribution in [3.05, 3.63) is 70.5 Å². The van der Waals surface area contributed by atoms with Gasteiger partial charge in [0.25, 0.3) is 5.91 Å². The first-order valence-corrected chi connectivity index (χ1v) is 15.0. The molecule has 3 rings (SSSR count). The molecule has 202 valence electrons. The van der Waals surface area contributed by atoms with Crippen molar-refractivity contribution in [3.8, 4) is 0 Å². The second kappa shape index (κ2) is 11.8. The lowest BCUT2D eigenvalue weighted by Crippen LogP contribution is -2.54. The van der Waals surface area contributed by atoms with Gasteiger partial charge in [-0.2, -0.15) is 0 Å². The molecular weight excluding hydrogens is 491 g/mol. The highest BCUT2D eigenvalue weighted by Crippen LogP contribution is 2.35. The van der Waals surface area contributed by atoms with Gasteiger partial charge in [-0.05, 0) is 65.8 Å². The topological polar surface area (TPSA) is 83.6 Å². The van der Waals surface area contributed by atoms with Crippen LogP contribution in [0.3, 0.4) is 0 Å². The number of carbonyl (C=O) groups is 2. The number of nitrogens with one attached hydrogen (secondary N) is 1. The maximum Gasteiger partial charge on any atom is 0.254 e. The quantitative estimate of drug-likeness (QED) is 0.515. The Morgan fingerprint density at radius 2 is 1.59 bits per heavy atom. The van der Waals surface area contributed by atoms with Gasteiger partial charge in [-0.25, -0.2) is 12.8 Å². The number of carbonyl (C=O) groups excluding carboxylic acids is 2. The molecule has 2 aromatic carbocycles. The Balaban J connectivity index is 1.62. The van der Waals surface area contributed by atoms with Crippen LogP contribution >= 0.6 is 0 Å². The van der Waals surface area contributed by atoms with Crippen LogP contribution in [0.15, 0.2) is 42.5 Å². The molecule has 0 radical (unpaired) electrons. The predicted molar refractivity (Wildman–Crippen MR) is 144 cm³/mol. The van der Waals surface area contributed by atoms with Crippen molar-refractivity contribution in [2.45, 2.75) is 65.2 Å². The molecule has 1 aliphatic heterocycles. The molecule has 0 unspecified atom stereocenters. The standard InChI is InChI=1S/C29H39FN2O4S/c1-6-21-11-12-25(30)24(17-21)27(33)31-26(20(2)3)28(34)32-15-13-29(4,14-16-32)18-22-7-9-23(10-8-22)19-37(5,35)36/h7-12,17,20,26H,6,13-16,18-19H2,1-5H3,(H,31,33)/t26-/m1/s1. The lowest BCUT2D eigenvalue weighted by molar-refractivity contribution is -0.136. The number of rotatable bonds is 9. The number of benzene rings is 2. The summed E-state index contributed by atoms with van der Waals surface area (Å²) in [5, 5.41) is 2.79. The Hall–Kier alpha value is -2.74. The van der Waals surface area contributed by atoms with E-state index in [0.717, 1.165) is 36.0 Å². The van der Waals surface area contributed by atoms with Gasteiger partial charge in [0.1, 0.15) is 11.9 Å². The van der Waals surface area contributed by atoms with Crippen molar-refractivity contribution in [1.29, 1.82) is 0 Å². The Bertz CT molecular complexity index is 1220. The first-order valence-electron chi connectivity index (χ1n) is 12.9. The SMILES string of the molecule is CCc1ccc(F)c(C(=O)N[C@@H](C(=O)N2CCC(C)(Cc3ccc(CS(C)(=O)=O)cc3)CC2)C(C)C)c1. The molecule has 2 aromatic rings. The fraction of sp³-hybridized carbons (Fsp3) is 0.517. The molecule has 1 saturated heterocycles. The summed E-state index contributed by atoms with van der Waals surface area (Å²) in [4.78, 5) is 28.1. The summed E-state index contributed by atoms with van der Waals surface area (Å²) >= 11 is 0. The first-order chi connectivity index (χ1) is 17.3. The van der Waals surface area contributed by atoms with E-state index in [1.807, 2.05) is 45.0 Å². The van der Waals surface area contributed by atoms with Crippen LogP contribution in [0.25, 0.3) is 0 Å². The van der Waals surface area contributed by atoms with Crippen LogP contribution in [-0.2, 0) is 33.2 Å². The summed E-state index contributed by atoms with van der Waals surface area (Å²) < 4.78 is 37.4. The van der Waals surface area contributed by atoms with Crippen LogP contribution in [0.2, 0.25) is 0 Å². The van der Waals surface area contributed by atoms with Crippen LogP contribution in [0.4, 0.5) is 4.39 Å². The van der Waals surface area contributed by atoms with Crippen molar-refractivity contribution in [2.75, 3.05) is 19.3 Å². The highest BCUT2D eigenvalue weighted by Gasteiger charge is 2.36. The van der Waals surface area contributed by atoms with Crippen molar-refractivity contribution in [2.24, 2.45) is 11.3 Å². The zero-order valence-electron chi connectivity index (χ0n) is 22.5. The van der Waals surface area contributed by atoms with Gasteiger partial charge in [0.15, 0.2) is 9.84 Å². The van der Waals surface area contributed by atoms with Gasteiger partial charge in [0, 0.05) is 19.3 Å². The third kappa shape index (κ3) is 7.87. The van der Waals surface area contributed by atoms with Crippen LogP contribution in [0.1, 0.15) is 67.6 Å². The fourth-order valence-corrected chi connectivity index (χ4v) is 5.69. The number of likely N-dealkylation sites (tertiary alicyclic amines) is 1. The molecule has 0 aromatic heterocycles.